The summed E-state index contributed by atoms with van der Waals surface area (Å²) in [4.78, 5) is 0. The smallest absolute Gasteiger partial charge is 0.429 e. The summed E-state index contributed by atoms with van der Waals surface area (Å²) in [5.41, 5.74) is -0.794. The lowest BCUT2D eigenvalue weighted by molar-refractivity contribution is -0.187. The first kappa shape index (κ1) is 26.8. The van der Waals surface area contributed by atoms with E-state index in [9.17, 15) is 35.1 Å². The lowest BCUT2D eigenvalue weighted by Gasteiger charge is -2.29. The van der Waals surface area contributed by atoms with Gasteiger partial charge in [-0.2, -0.15) is 22.0 Å². The first-order valence-corrected chi connectivity index (χ1v) is 10.8. The molecule has 192 valence electrons. The minimum atomic E-state index is -4.79. The zero-order chi connectivity index (χ0) is 25.8. The maximum absolute atomic E-state index is 14.6. The summed E-state index contributed by atoms with van der Waals surface area (Å²) in [6, 6.07) is 3.54. The first-order chi connectivity index (χ1) is 16.4. The Bertz CT molecular complexity index is 1020. The number of alkyl halides is 5. The molecule has 0 bridgehead atoms. The highest BCUT2D eigenvalue weighted by Crippen LogP contribution is 2.38. The second-order valence-electron chi connectivity index (χ2n) is 8.09. The van der Waals surface area contributed by atoms with Gasteiger partial charge in [0, 0.05) is 12.1 Å². The molecule has 2 unspecified atom stereocenters. The summed E-state index contributed by atoms with van der Waals surface area (Å²) in [6.45, 7) is 2.55. The van der Waals surface area contributed by atoms with Gasteiger partial charge in [-0.1, -0.05) is 19.4 Å². The Hall–Kier alpha value is -2.82. The predicted molar refractivity (Wildman–Crippen MR) is 109 cm³/mol. The van der Waals surface area contributed by atoms with Crippen LogP contribution in [0.5, 0.6) is 11.5 Å². The number of hydrogen-bond donors (Lipinski definition) is 0. The van der Waals surface area contributed by atoms with Crippen LogP contribution in [0.15, 0.2) is 42.7 Å². The van der Waals surface area contributed by atoms with Crippen molar-refractivity contribution in [3.63, 3.8) is 0 Å². The largest absolute Gasteiger partial charge is 0.459 e. The van der Waals surface area contributed by atoms with E-state index in [2.05, 4.69) is 16.4 Å². The summed E-state index contributed by atoms with van der Waals surface area (Å²) in [5.74, 6) is -6.39. The van der Waals surface area contributed by atoms with Crippen LogP contribution in [-0.2, 0) is 10.8 Å². The molecule has 2 atom stereocenters. The predicted octanol–water partition coefficient (Wildman–Crippen LogP) is 7.95. The van der Waals surface area contributed by atoms with Crippen LogP contribution in [0.3, 0.4) is 0 Å². The Kier molecular flexibility index (Phi) is 8.30. The molecule has 0 amide bonds. The molecule has 0 saturated carbocycles. The van der Waals surface area contributed by atoms with Crippen molar-refractivity contribution in [2.45, 2.75) is 51.0 Å². The van der Waals surface area contributed by atoms with Gasteiger partial charge in [0.1, 0.15) is 11.6 Å². The molecule has 1 heterocycles. The van der Waals surface area contributed by atoms with Gasteiger partial charge >= 0.3 is 12.3 Å². The van der Waals surface area contributed by atoms with Gasteiger partial charge < -0.3 is 14.2 Å². The minimum absolute atomic E-state index is 0.00640. The number of halogens is 8. The van der Waals surface area contributed by atoms with Crippen LogP contribution >= 0.6 is 0 Å². The van der Waals surface area contributed by atoms with Crippen LogP contribution in [-0.4, -0.2) is 12.8 Å². The number of allylic oxidation sites excluding steroid dienone is 1. The lowest BCUT2D eigenvalue weighted by Crippen LogP contribution is -2.24. The number of ether oxygens (including phenoxy) is 3. The van der Waals surface area contributed by atoms with E-state index >= 15 is 0 Å². The van der Waals surface area contributed by atoms with Crippen LogP contribution in [0.1, 0.15) is 49.8 Å². The summed E-state index contributed by atoms with van der Waals surface area (Å²) < 4.78 is 122. The van der Waals surface area contributed by atoms with Crippen LogP contribution in [0.2, 0.25) is 0 Å². The average Bonchev–Trinajstić information content (AvgIpc) is 2.75. The van der Waals surface area contributed by atoms with Gasteiger partial charge in [0.2, 0.25) is 0 Å². The molecule has 0 aliphatic carbocycles. The second kappa shape index (κ2) is 10.8. The first-order valence-electron chi connectivity index (χ1n) is 10.8. The molecular weight excluding hydrogens is 488 g/mol. The van der Waals surface area contributed by atoms with Gasteiger partial charge in [-0.05, 0) is 42.9 Å². The molecule has 0 N–H and O–H groups in total. The molecular formula is C24H22F8O3. The molecule has 3 nitrogen and oxygen atoms in total. The van der Waals surface area contributed by atoms with E-state index in [0.29, 0.717) is 24.5 Å². The van der Waals surface area contributed by atoms with Gasteiger partial charge in [0.25, 0.3) is 0 Å². The standard InChI is InChI=1S/C24H22F8O3/c1-2-3-14-4-7-21(34-13-14)15-5-6-17(18(25)10-15)24(31,32)35-16-11-19(26)22(20(27)12-16)33-9-8-23(28,29)30/h5-6,8-12,14,21H,2-4,7,13H2,1H3/b9-8+. The Morgan fingerprint density at radius 2 is 1.66 bits per heavy atom. The lowest BCUT2D eigenvalue weighted by atomic mass is 9.91. The van der Waals surface area contributed by atoms with E-state index in [4.69, 9.17) is 4.74 Å². The van der Waals surface area contributed by atoms with Crippen molar-refractivity contribution in [1.82, 2.24) is 0 Å². The van der Waals surface area contributed by atoms with Gasteiger partial charge in [-0.3, -0.25) is 0 Å². The molecule has 1 saturated heterocycles. The molecule has 1 fully saturated rings. The normalized spacial score (nSPS) is 19.2. The monoisotopic (exact) mass is 510 g/mol. The number of benzene rings is 2. The number of rotatable bonds is 8. The molecule has 2 aromatic rings. The maximum Gasteiger partial charge on any atom is 0.429 e. The zero-order valence-corrected chi connectivity index (χ0v) is 18.5. The van der Waals surface area contributed by atoms with Gasteiger partial charge in [-0.25, -0.2) is 13.2 Å². The van der Waals surface area contributed by atoms with Gasteiger partial charge in [0.05, 0.1) is 30.6 Å². The molecule has 0 radical (unpaired) electrons. The number of hydrogen-bond acceptors (Lipinski definition) is 3. The van der Waals surface area contributed by atoms with E-state index in [1.807, 2.05) is 0 Å². The van der Waals surface area contributed by atoms with Crippen molar-refractivity contribution in [2.24, 2.45) is 5.92 Å². The molecule has 1 aliphatic heterocycles. The third kappa shape index (κ3) is 7.09. The van der Waals surface area contributed by atoms with Gasteiger partial charge in [-0.15, -0.1) is 0 Å². The fourth-order valence-electron chi connectivity index (χ4n) is 3.76. The second-order valence-corrected chi connectivity index (χ2v) is 8.09. The van der Waals surface area contributed by atoms with E-state index in [-0.39, 0.29) is 18.4 Å². The Morgan fingerprint density at radius 3 is 2.20 bits per heavy atom. The summed E-state index contributed by atoms with van der Waals surface area (Å²) >= 11 is 0. The summed E-state index contributed by atoms with van der Waals surface area (Å²) in [6.07, 6.45) is -6.49. The minimum Gasteiger partial charge on any atom is -0.459 e. The maximum atomic E-state index is 14.6. The van der Waals surface area contributed by atoms with E-state index in [1.165, 1.54) is 6.07 Å². The molecule has 35 heavy (non-hydrogen) atoms. The highest BCUT2D eigenvalue weighted by atomic mass is 19.4. The Morgan fingerprint density at radius 1 is 0.971 bits per heavy atom. The molecule has 1 aliphatic rings. The fourth-order valence-corrected chi connectivity index (χ4v) is 3.76. The van der Waals surface area contributed by atoms with Crippen molar-refractivity contribution in [3.05, 3.63) is 71.2 Å². The highest BCUT2D eigenvalue weighted by molar-refractivity contribution is 5.36. The molecule has 0 spiro atoms. The van der Waals surface area contributed by atoms with Crippen molar-refractivity contribution in [1.29, 1.82) is 0 Å². The molecule has 2 aromatic carbocycles. The van der Waals surface area contributed by atoms with Crippen LogP contribution in [0, 0.1) is 23.4 Å². The SMILES string of the molecule is CCCC1CCC(c2ccc(C(F)(F)Oc3cc(F)c(O/C=C/C(F)(F)F)c(F)c3)c(F)c2)OC1. The quantitative estimate of drug-likeness (QED) is 0.266. The van der Waals surface area contributed by atoms with Gasteiger partial charge in [0.15, 0.2) is 17.4 Å². The van der Waals surface area contributed by atoms with E-state index < -0.39 is 59.0 Å². The third-order valence-corrected chi connectivity index (χ3v) is 5.41. The molecule has 0 aromatic heterocycles. The van der Waals surface area contributed by atoms with Crippen LogP contribution in [0.25, 0.3) is 0 Å². The average molecular weight is 510 g/mol. The van der Waals surface area contributed by atoms with Crippen molar-refractivity contribution in [2.75, 3.05) is 6.61 Å². The van der Waals surface area contributed by atoms with Crippen molar-refractivity contribution < 1.29 is 49.3 Å². The topological polar surface area (TPSA) is 27.7 Å². The summed E-state index contributed by atoms with van der Waals surface area (Å²) in [5, 5.41) is 0. The fraction of sp³-hybridized carbons (Fsp3) is 0.417. The molecule has 11 heteroatoms. The van der Waals surface area contributed by atoms with E-state index in [0.717, 1.165) is 31.4 Å². The zero-order valence-electron chi connectivity index (χ0n) is 18.5. The van der Waals surface area contributed by atoms with Crippen molar-refractivity contribution >= 4 is 0 Å². The Balaban J connectivity index is 1.72. The van der Waals surface area contributed by atoms with E-state index in [1.54, 1.807) is 0 Å². The molecule has 3 rings (SSSR count). The van der Waals surface area contributed by atoms with Crippen molar-refractivity contribution in [3.8, 4) is 11.5 Å². The Labute approximate surface area is 196 Å². The van der Waals surface area contributed by atoms with Crippen LogP contribution in [0.4, 0.5) is 35.1 Å². The third-order valence-electron chi connectivity index (χ3n) is 5.41. The van der Waals surface area contributed by atoms with Crippen LogP contribution < -0.4 is 9.47 Å². The highest BCUT2D eigenvalue weighted by Gasteiger charge is 2.39. The summed E-state index contributed by atoms with van der Waals surface area (Å²) in [7, 11) is 0.